The van der Waals surface area contributed by atoms with E-state index >= 15 is 0 Å². The van der Waals surface area contributed by atoms with E-state index in [0.717, 1.165) is 5.56 Å². The van der Waals surface area contributed by atoms with Gasteiger partial charge in [0.1, 0.15) is 6.54 Å². The van der Waals surface area contributed by atoms with Crippen molar-refractivity contribution in [2.45, 2.75) is 26.2 Å². The molecule has 2 unspecified atom stereocenters. The largest absolute Gasteiger partial charge is 0.480 e. The minimum absolute atomic E-state index is 0.0816. The van der Waals surface area contributed by atoms with Crippen LogP contribution in [0.2, 0.25) is 0 Å². The van der Waals surface area contributed by atoms with Gasteiger partial charge in [0, 0.05) is 12.2 Å². The van der Waals surface area contributed by atoms with Crippen LogP contribution in [-0.2, 0) is 9.53 Å². The molecule has 0 radical (unpaired) electrons. The van der Waals surface area contributed by atoms with Crippen molar-refractivity contribution in [2.24, 2.45) is 0 Å². The first-order valence-corrected chi connectivity index (χ1v) is 6.96. The van der Waals surface area contributed by atoms with Gasteiger partial charge in [-0.05, 0) is 31.6 Å². The molecule has 0 fully saturated rings. The van der Waals surface area contributed by atoms with Crippen LogP contribution in [0.25, 0.3) is 0 Å². The standard InChI is InChI=1S/C16H23NO5/c1-11(2)16(21)22-10-14(18)8-17(9-15(19)20)13-6-4-12(3)5-7-13/h4-7,14,16,18,21H,1,8-10H2,2-3H3,(H,19,20). The maximum Gasteiger partial charge on any atom is 0.323 e. The average molecular weight is 309 g/mol. The third-order valence-corrected chi connectivity index (χ3v) is 3.02. The second kappa shape index (κ2) is 8.53. The molecule has 0 heterocycles. The van der Waals surface area contributed by atoms with Gasteiger partial charge >= 0.3 is 5.97 Å². The highest BCUT2D eigenvalue weighted by Crippen LogP contribution is 2.15. The van der Waals surface area contributed by atoms with Gasteiger partial charge in [0.15, 0.2) is 6.29 Å². The maximum atomic E-state index is 11.0. The van der Waals surface area contributed by atoms with Gasteiger partial charge in [0.2, 0.25) is 0 Å². The highest BCUT2D eigenvalue weighted by molar-refractivity contribution is 5.73. The molecule has 0 aliphatic carbocycles. The van der Waals surface area contributed by atoms with Crippen molar-refractivity contribution in [3.05, 3.63) is 42.0 Å². The van der Waals surface area contributed by atoms with Gasteiger partial charge in [0.05, 0.1) is 12.7 Å². The van der Waals surface area contributed by atoms with Crippen molar-refractivity contribution in [3.63, 3.8) is 0 Å². The van der Waals surface area contributed by atoms with Crippen LogP contribution in [0.5, 0.6) is 0 Å². The van der Waals surface area contributed by atoms with Crippen LogP contribution >= 0.6 is 0 Å². The van der Waals surface area contributed by atoms with Crippen LogP contribution in [0.15, 0.2) is 36.4 Å². The van der Waals surface area contributed by atoms with E-state index in [1.54, 1.807) is 24.0 Å². The van der Waals surface area contributed by atoms with Gasteiger partial charge in [0.25, 0.3) is 0 Å². The summed E-state index contributed by atoms with van der Waals surface area (Å²) in [5, 5.41) is 28.4. The Morgan fingerprint density at radius 3 is 2.41 bits per heavy atom. The zero-order valence-electron chi connectivity index (χ0n) is 12.9. The van der Waals surface area contributed by atoms with Crippen LogP contribution in [0.3, 0.4) is 0 Å². The topological polar surface area (TPSA) is 90.2 Å². The molecule has 0 aliphatic heterocycles. The lowest BCUT2D eigenvalue weighted by molar-refractivity contribution is -0.135. The van der Waals surface area contributed by atoms with E-state index in [2.05, 4.69) is 6.58 Å². The number of nitrogens with zero attached hydrogens (tertiary/aromatic N) is 1. The van der Waals surface area contributed by atoms with Gasteiger partial charge in [-0.25, -0.2) is 0 Å². The molecule has 22 heavy (non-hydrogen) atoms. The molecule has 0 saturated heterocycles. The number of aliphatic hydroxyl groups excluding tert-OH is 2. The van der Waals surface area contributed by atoms with Crippen LogP contribution in [-0.4, -0.2) is 53.4 Å². The number of hydrogen-bond acceptors (Lipinski definition) is 5. The number of hydrogen-bond donors (Lipinski definition) is 3. The fourth-order valence-electron chi connectivity index (χ4n) is 1.83. The molecule has 6 heteroatoms. The Labute approximate surface area is 130 Å². The average Bonchev–Trinajstić information content (AvgIpc) is 2.44. The second-order valence-electron chi connectivity index (χ2n) is 5.30. The number of benzene rings is 1. The molecule has 6 nitrogen and oxygen atoms in total. The first kappa shape index (κ1) is 18.2. The summed E-state index contributed by atoms with van der Waals surface area (Å²) in [4.78, 5) is 12.5. The van der Waals surface area contributed by atoms with Gasteiger partial charge < -0.3 is 25.0 Å². The van der Waals surface area contributed by atoms with Crippen LogP contribution in [0, 0.1) is 6.92 Å². The van der Waals surface area contributed by atoms with Crippen molar-refractivity contribution in [1.82, 2.24) is 0 Å². The summed E-state index contributed by atoms with van der Waals surface area (Å²) in [6.45, 7) is 6.83. The zero-order chi connectivity index (χ0) is 16.7. The summed E-state index contributed by atoms with van der Waals surface area (Å²) in [6, 6.07) is 7.35. The summed E-state index contributed by atoms with van der Waals surface area (Å²) in [5.74, 6) is -0.990. The van der Waals surface area contributed by atoms with Gasteiger partial charge in [-0.3, -0.25) is 4.79 Å². The third-order valence-electron chi connectivity index (χ3n) is 3.02. The smallest absolute Gasteiger partial charge is 0.323 e. The van der Waals surface area contributed by atoms with Crippen molar-refractivity contribution in [3.8, 4) is 0 Å². The van der Waals surface area contributed by atoms with Gasteiger partial charge in [-0.15, -0.1) is 0 Å². The quantitative estimate of drug-likeness (QED) is 0.468. The monoisotopic (exact) mass is 309 g/mol. The molecular formula is C16H23NO5. The van der Waals surface area contributed by atoms with Crippen LogP contribution in [0.1, 0.15) is 12.5 Å². The van der Waals surface area contributed by atoms with E-state index in [-0.39, 0.29) is 19.7 Å². The molecule has 1 rings (SSSR count). The SMILES string of the molecule is C=C(C)C(O)OCC(O)CN(CC(=O)O)c1ccc(C)cc1. The maximum absolute atomic E-state index is 11.0. The number of aliphatic carboxylic acids is 1. The lowest BCUT2D eigenvalue weighted by Crippen LogP contribution is -2.39. The molecule has 2 atom stereocenters. The fourth-order valence-corrected chi connectivity index (χ4v) is 1.83. The van der Waals surface area contributed by atoms with Gasteiger partial charge in [-0.2, -0.15) is 0 Å². The van der Waals surface area contributed by atoms with Crippen LogP contribution < -0.4 is 4.90 Å². The second-order valence-corrected chi connectivity index (χ2v) is 5.30. The molecule has 122 valence electrons. The predicted molar refractivity (Wildman–Crippen MR) is 83.8 cm³/mol. The zero-order valence-corrected chi connectivity index (χ0v) is 12.9. The minimum Gasteiger partial charge on any atom is -0.480 e. The summed E-state index contributed by atoms with van der Waals surface area (Å²) in [7, 11) is 0. The highest BCUT2D eigenvalue weighted by atomic mass is 16.6. The number of carbonyl (C=O) groups is 1. The Balaban J connectivity index is 2.66. The van der Waals surface area contributed by atoms with Crippen molar-refractivity contribution < 1.29 is 24.9 Å². The van der Waals surface area contributed by atoms with E-state index < -0.39 is 18.4 Å². The lowest BCUT2D eigenvalue weighted by atomic mass is 10.2. The number of aryl methyl sites for hydroxylation is 1. The van der Waals surface area contributed by atoms with Gasteiger partial charge in [-0.1, -0.05) is 24.3 Å². The number of ether oxygens (including phenoxy) is 1. The van der Waals surface area contributed by atoms with Crippen molar-refractivity contribution >= 4 is 11.7 Å². The molecule has 0 saturated carbocycles. The third kappa shape index (κ3) is 6.26. The molecule has 3 N–H and O–H groups in total. The molecule has 0 amide bonds. The van der Waals surface area contributed by atoms with Crippen LogP contribution in [0.4, 0.5) is 5.69 Å². The number of anilines is 1. The molecule has 0 bridgehead atoms. The molecule has 0 aliphatic rings. The van der Waals surface area contributed by atoms with E-state index in [1.807, 2.05) is 19.1 Å². The Morgan fingerprint density at radius 1 is 1.32 bits per heavy atom. The summed E-state index contributed by atoms with van der Waals surface area (Å²) < 4.78 is 5.06. The summed E-state index contributed by atoms with van der Waals surface area (Å²) in [6.07, 6.45) is -2.07. The van der Waals surface area contributed by atoms with Crippen molar-refractivity contribution in [2.75, 3.05) is 24.6 Å². The Kier molecular flexibility index (Phi) is 7.04. The van der Waals surface area contributed by atoms with E-state index in [1.165, 1.54) is 0 Å². The van der Waals surface area contributed by atoms with E-state index in [9.17, 15) is 15.0 Å². The Bertz CT molecular complexity index is 500. The molecular weight excluding hydrogens is 286 g/mol. The van der Waals surface area contributed by atoms with Crippen molar-refractivity contribution in [1.29, 1.82) is 0 Å². The molecule has 0 spiro atoms. The van der Waals surface area contributed by atoms with E-state index in [4.69, 9.17) is 9.84 Å². The fraction of sp³-hybridized carbons (Fsp3) is 0.438. The Hall–Kier alpha value is -1.89. The number of carboxylic acids is 1. The number of aliphatic hydroxyl groups is 2. The first-order chi connectivity index (χ1) is 10.3. The first-order valence-electron chi connectivity index (χ1n) is 6.96. The highest BCUT2D eigenvalue weighted by Gasteiger charge is 2.17. The normalized spacial score (nSPS) is 13.5. The van der Waals surface area contributed by atoms with E-state index in [0.29, 0.717) is 11.3 Å². The summed E-state index contributed by atoms with van der Waals surface area (Å²) >= 11 is 0. The molecule has 1 aromatic carbocycles. The Morgan fingerprint density at radius 2 is 1.91 bits per heavy atom. The lowest BCUT2D eigenvalue weighted by Gasteiger charge is -2.26. The number of carboxylic acid groups (broad SMARTS) is 1. The molecule has 0 aromatic heterocycles. The number of rotatable bonds is 9. The predicted octanol–water partition coefficient (Wildman–Crippen LogP) is 1.16. The molecule has 1 aromatic rings. The summed E-state index contributed by atoms with van der Waals surface area (Å²) in [5.41, 5.74) is 2.20. The minimum atomic E-state index is -1.14.